The van der Waals surface area contributed by atoms with Gasteiger partial charge < -0.3 is 0 Å². The number of nitrogens with zero attached hydrogens (tertiary/aromatic N) is 3. The van der Waals surface area contributed by atoms with Crippen molar-refractivity contribution in [3.8, 4) is 5.82 Å². The van der Waals surface area contributed by atoms with E-state index in [1.807, 2.05) is 29.2 Å². The van der Waals surface area contributed by atoms with E-state index in [9.17, 15) is 0 Å². The Hall–Kier alpha value is -1.16. The molecule has 0 aliphatic heterocycles. The molecule has 80 valence electrons. The minimum absolute atomic E-state index is 0.748. The first-order valence-electron chi connectivity index (χ1n) is 5.51. The lowest BCUT2D eigenvalue weighted by Gasteiger charge is -2.05. The van der Waals surface area contributed by atoms with Gasteiger partial charge in [-0.05, 0) is 36.5 Å². The minimum Gasteiger partial charge on any atom is -0.237 e. The lowest BCUT2D eigenvalue weighted by molar-refractivity contribution is 0.770. The van der Waals surface area contributed by atoms with Crippen LogP contribution in [0.5, 0.6) is 0 Å². The summed E-state index contributed by atoms with van der Waals surface area (Å²) in [6, 6.07) is 3.95. The van der Waals surface area contributed by atoms with Gasteiger partial charge in [0.2, 0.25) is 0 Å². The minimum atomic E-state index is 0.748. The summed E-state index contributed by atoms with van der Waals surface area (Å²) in [5.74, 6) is 2.56. The number of halogens is 1. The molecule has 0 spiro atoms. The van der Waals surface area contributed by atoms with Crippen molar-refractivity contribution < 1.29 is 0 Å². The molecule has 16 heavy (non-hydrogen) atoms. The lowest BCUT2D eigenvalue weighted by Crippen LogP contribution is -2.03. The molecular formula is C12H10BrN3. The molecule has 0 bridgehead atoms. The van der Waals surface area contributed by atoms with E-state index in [1.54, 1.807) is 0 Å². The molecule has 2 aromatic rings. The lowest BCUT2D eigenvalue weighted by atomic mass is 10.2. The Morgan fingerprint density at radius 1 is 1.44 bits per heavy atom. The van der Waals surface area contributed by atoms with Crippen LogP contribution in [0.15, 0.2) is 29.0 Å². The van der Waals surface area contributed by atoms with Crippen molar-refractivity contribution in [1.82, 2.24) is 14.8 Å². The van der Waals surface area contributed by atoms with Gasteiger partial charge in [0.15, 0.2) is 5.82 Å². The summed E-state index contributed by atoms with van der Waals surface area (Å²) in [4.78, 5) is 4.38. The van der Waals surface area contributed by atoms with Crippen molar-refractivity contribution in [2.75, 3.05) is 0 Å². The molecule has 0 radical (unpaired) electrons. The molecular weight excluding hydrogens is 266 g/mol. The first kappa shape index (κ1) is 8.93. The van der Waals surface area contributed by atoms with Crippen LogP contribution in [-0.2, 0) is 6.42 Å². The molecule has 0 saturated heterocycles. The van der Waals surface area contributed by atoms with E-state index in [-0.39, 0.29) is 0 Å². The van der Waals surface area contributed by atoms with Crippen LogP contribution in [-0.4, -0.2) is 14.8 Å². The molecule has 3 nitrogen and oxygen atoms in total. The Morgan fingerprint density at radius 2 is 2.38 bits per heavy atom. The van der Waals surface area contributed by atoms with Gasteiger partial charge in [-0.3, -0.25) is 0 Å². The van der Waals surface area contributed by atoms with Crippen LogP contribution in [0.3, 0.4) is 0 Å². The standard InChI is InChI=1S/C12H10BrN3/c13-9-1-2-14-11(5-9)16-12-8(6-15-16)3-7-4-10(7)12/h1-2,5-7,10H,3-4H2/t7-,10+/m0/s1. The summed E-state index contributed by atoms with van der Waals surface area (Å²) < 4.78 is 3.06. The van der Waals surface area contributed by atoms with E-state index >= 15 is 0 Å². The fraction of sp³-hybridized carbons (Fsp3) is 0.333. The van der Waals surface area contributed by atoms with Gasteiger partial charge in [-0.1, -0.05) is 15.9 Å². The zero-order valence-electron chi connectivity index (χ0n) is 8.60. The van der Waals surface area contributed by atoms with Crippen LogP contribution in [0.2, 0.25) is 0 Å². The highest BCUT2D eigenvalue weighted by atomic mass is 79.9. The molecule has 0 amide bonds. The fourth-order valence-electron chi connectivity index (χ4n) is 2.73. The average Bonchev–Trinajstić information content (AvgIpc) is 2.75. The average molecular weight is 276 g/mol. The van der Waals surface area contributed by atoms with E-state index in [4.69, 9.17) is 0 Å². The summed E-state index contributed by atoms with van der Waals surface area (Å²) in [5, 5.41) is 4.46. The number of aromatic nitrogens is 3. The molecule has 2 heterocycles. The molecule has 2 aliphatic carbocycles. The summed E-state index contributed by atoms with van der Waals surface area (Å²) in [6.07, 6.45) is 6.37. The van der Waals surface area contributed by atoms with Gasteiger partial charge in [0.25, 0.3) is 0 Å². The Morgan fingerprint density at radius 3 is 3.25 bits per heavy atom. The molecule has 2 atom stereocenters. The van der Waals surface area contributed by atoms with Crippen molar-refractivity contribution in [3.63, 3.8) is 0 Å². The molecule has 0 unspecified atom stereocenters. The first-order chi connectivity index (χ1) is 7.83. The van der Waals surface area contributed by atoms with E-state index < -0.39 is 0 Å². The summed E-state index contributed by atoms with van der Waals surface area (Å²) in [7, 11) is 0. The predicted octanol–water partition coefficient (Wildman–Crippen LogP) is 2.69. The predicted molar refractivity (Wildman–Crippen MR) is 63.6 cm³/mol. The maximum absolute atomic E-state index is 4.46. The van der Waals surface area contributed by atoms with E-state index in [0.29, 0.717) is 0 Å². The van der Waals surface area contributed by atoms with Crippen LogP contribution < -0.4 is 0 Å². The number of rotatable bonds is 1. The van der Waals surface area contributed by atoms with E-state index in [0.717, 1.165) is 22.1 Å². The molecule has 1 fully saturated rings. The van der Waals surface area contributed by atoms with E-state index in [1.165, 1.54) is 24.1 Å². The quantitative estimate of drug-likeness (QED) is 0.801. The SMILES string of the molecule is Brc1ccnc(-n2ncc3c2[C@@H]2C[C@@H]2C3)c1. The Bertz CT molecular complexity index is 575. The van der Waals surface area contributed by atoms with Crippen LogP contribution in [0.25, 0.3) is 5.82 Å². The van der Waals surface area contributed by atoms with Gasteiger partial charge in [0, 0.05) is 16.6 Å². The first-order valence-corrected chi connectivity index (χ1v) is 6.31. The van der Waals surface area contributed by atoms with Crippen molar-refractivity contribution in [2.45, 2.75) is 18.8 Å². The molecule has 4 rings (SSSR count). The third-order valence-corrected chi connectivity index (χ3v) is 4.06. The van der Waals surface area contributed by atoms with Crippen molar-refractivity contribution in [3.05, 3.63) is 40.3 Å². The number of fused-ring (bicyclic) bond motifs is 3. The largest absolute Gasteiger partial charge is 0.237 e. The van der Waals surface area contributed by atoms with Crippen LogP contribution in [0.4, 0.5) is 0 Å². The van der Waals surface area contributed by atoms with Gasteiger partial charge >= 0.3 is 0 Å². The number of hydrogen-bond donors (Lipinski definition) is 0. The third-order valence-electron chi connectivity index (χ3n) is 3.57. The molecule has 0 N–H and O–H groups in total. The second kappa shape index (κ2) is 2.94. The van der Waals surface area contributed by atoms with Gasteiger partial charge in [0.05, 0.1) is 11.9 Å². The normalized spacial score (nSPS) is 25.3. The molecule has 4 heteroatoms. The maximum atomic E-state index is 4.46. The van der Waals surface area contributed by atoms with Gasteiger partial charge in [-0.25, -0.2) is 9.67 Å². The number of hydrogen-bond acceptors (Lipinski definition) is 2. The van der Waals surface area contributed by atoms with Crippen molar-refractivity contribution in [1.29, 1.82) is 0 Å². The topological polar surface area (TPSA) is 30.7 Å². The second-order valence-corrected chi connectivity index (χ2v) is 5.52. The molecule has 2 aromatic heterocycles. The molecule has 0 aromatic carbocycles. The number of pyridine rings is 1. The van der Waals surface area contributed by atoms with Crippen LogP contribution in [0.1, 0.15) is 23.6 Å². The third kappa shape index (κ3) is 1.13. The summed E-state index contributed by atoms with van der Waals surface area (Å²) in [5.41, 5.74) is 2.82. The second-order valence-electron chi connectivity index (χ2n) is 4.61. The summed E-state index contributed by atoms with van der Waals surface area (Å²) in [6.45, 7) is 0. The van der Waals surface area contributed by atoms with Gasteiger partial charge in [0.1, 0.15) is 0 Å². The maximum Gasteiger partial charge on any atom is 0.154 e. The van der Waals surface area contributed by atoms with Crippen molar-refractivity contribution >= 4 is 15.9 Å². The fourth-order valence-corrected chi connectivity index (χ4v) is 3.05. The highest BCUT2D eigenvalue weighted by Crippen LogP contribution is 2.56. The van der Waals surface area contributed by atoms with Crippen molar-refractivity contribution in [2.24, 2.45) is 5.92 Å². The smallest absolute Gasteiger partial charge is 0.154 e. The van der Waals surface area contributed by atoms with Gasteiger partial charge in [-0.2, -0.15) is 5.10 Å². The zero-order valence-corrected chi connectivity index (χ0v) is 10.2. The molecule has 2 aliphatic rings. The highest BCUT2D eigenvalue weighted by molar-refractivity contribution is 9.10. The monoisotopic (exact) mass is 275 g/mol. The molecule has 1 saturated carbocycles. The summed E-state index contributed by atoms with van der Waals surface area (Å²) >= 11 is 3.47. The van der Waals surface area contributed by atoms with E-state index in [2.05, 4.69) is 26.0 Å². The Kier molecular flexibility index (Phi) is 1.64. The van der Waals surface area contributed by atoms with Crippen LogP contribution in [0, 0.1) is 5.92 Å². The Labute approximate surface area is 102 Å². The highest BCUT2D eigenvalue weighted by Gasteiger charge is 2.48. The Balaban J connectivity index is 1.89. The zero-order chi connectivity index (χ0) is 10.7. The van der Waals surface area contributed by atoms with Gasteiger partial charge in [-0.15, -0.1) is 0 Å². The van der Waals surface area contributed by atoms with Crippen LogP contribution >= 0.6 is 15.9 Å².